The summed E-state index contributed by atoms with van der Waals surface area (Å²) < 4.78 is 38.8. The molecular weight excluding hydrogens is 428 g/mol. The quantitative estimate of drug-likeness (QED) is 0.488. The van der Waals surface area contributed by atoms with Crippen LogP contribution in [-0.4, -0.2) is 35.1 Å². The summed E-state index contributed by atoms with van der Waals surface area (Å²) in [6.45, 7) is 3.70. The second-order valence-electron chi connectivity index (χ2n) is 6.68. The summed E-state index contributed by atoms with van der Waals surface area (Å²) in [5.74, 6) is 0.445. The molecule has 0 aliphatic heterocycles. The van der Waals surface area contributed by atoms with Crippen molar-refractivity contribution in [2.75, 3.05) is 30.4 Å². The lowest BCUT2D eigenvalue weighted by atomic mass is 10.2. The molecule has 0 spiro atoms. The first kappa shape index (κ1) is 22.9. The molecule has 8 heteroatoms. The summed E-state index contributed by atoms with van der Waals surface area (Å²) in [5, 5.41) is 2.75. The number of nitrogens with zero attached hydrogens (tertiary/aromatic N) is 1. The lowest BCUT2D eigenvalue weighted by Gasteiger charge is -2.25. The van der Waals surface area contributed by atoms with E-state index in [4.69, 9.17) is 9.47 Å². The zero-order valence-electron chi connectivity index (χ0n) is 17.8. The van der Waals surface area contributed by atoms with E-state index in [1.54, 1.807) is 54.6 Å². The van der Waals surface area contributed by atoms with Crippen LogP contribution < -0.4 is 19.1 Å². The molecule has 7 nitrogen and oxygen atoms in total. The van der Waals surface area contributed by atoms with Crippen LogP contribution in [0, 0.1) is 0 Å². The topological polar surface area (TPSA) is 84.9 Å². The number of hydrogen-bond donors (Lipinski definition) is 1. The van der Waals surface area contributed by atoms with Crippen LogP contribution >= 0.6 is 0 Å². The second kappa shape index (κ2) is 10.0. The minimum Gasteiger partial charge on any atom is -0.495 e. The average molecular weight is 453 g/mol. The van der Waals surface area contributed by atoms with Crippen LogP contribution in [0.25, 0.3) is 0 Å². The molecular formula is C24H24N2O5S. The molecule has 0 bridgehead atoms. The zero-order chi connectivity index (χ0) is 23.1. The molecule has 3 aromatic rings. The van der Waals surface area contributed by atoms with Crippen molar-refractivity contribution in [1.82, 2.24) is 0 Å². The fourth-order valence-electron chi connectivity index (χ4n) is 3.15. The molecule has 0 heterocycles. The van der Waals surface area contributed by atoms with Gasteiger partial charge in [0.05, 0.1) is 37.0 Å². The number of nitrogens with one attached hydrogen (secondary N) is 1. The number of benzene rings is 3. The molecule has 166 valence electrons. The molecule has 3 aromatic carbocycles. The number of hydrogen-bond acceptors (Lipinski definition) is 5. The number of amides is 1. The monoisotopic (exact) mass is 452 g/mol. The summed E-state index contributed by atoms with van der Waals surface area (Å²) >= 11 is 0. The summed E-state index contributed by atoms with van der Waals surface area (Å²) in [6, 6.07) is 19.6. The minimum absolute atomic E-state index is 0.0281. The van der Waals surface area contributed by atoms with Gasteiger partial charge in [0.1, 0.15) is 11.5 Å². The number of rotatable bonds is 9. The highest BCUT2D eigenvalue weighted by Gasteiger charge is 2.27. The summed E-state index contributed by atoms with van der Waals surface area (Å²) in [5.41, 5.74) is 1.05. The molecule has 1 N–H and O–H groups in total. The smallest absolute Gasteiger partial charge is 0.264 e. The van der Waals surface area contributed by atoms with Gasteiger partial charge < -0.3 is 14.8 Å². The van der Waals surface area contributed by atoms with E-state index < -0.39 is 15.9 Å². The maximum Gasteiger partial charge on any atom is 0.264 e. The Morgan fingerprint density at radius 1 is 0.969 bits per heavy atom. The maximum atomic E-state index is 13.5. The summed E-state index contributed by atoms with van der Waals surface area (Å²) in [7, 11) is -1.04. The highest BCUT2D eigenvalue weighted by atomic mass is 32.2. The van der Waals surface area contributed by atoms with Crippen molar-refractivity contribution in [3.05, 3.63) is 91.0 Å². The van der Waals surface area contributed by atoms with E-state index in [9.17, 15) is 13.2 Å². The number of sulfonamides is 1. The van der Waals surface area contributed by atoms with Gasteiger partial charge in [-0.3, -0.25) is 9.10 Å². The molecule has 0 aromatic heterocycles. The molecule has 3 rings (SSSR count). The number of methoxy groups -OCH3 is 2. The van der Waals surface area contributed by atoms with Gasteiger partial charge in [-0.05, 0) is 42.5 Å². The first-order valence-corrected chi connectivity index (χ1v) is 11.2. The fraction of sp³-hybridized carbons (Fsp3) is 0.125. The Morgan fingerprint density at radius 2 is 1.62 bits per heavy atom. The van der Waals surface area contributed by atoms with Crippen molar-refractivity contribution < 1.29 is 22.7 Å². The van der Waals surface area contributed by atoms with E-state index in [0.717, 1.165) is 0 Å². The van der Waals surface area contributed by atoms with Gasteiger partial charge in [0.15, 0.2) is 0 Å². The zero-order valence-corrected chi connectivity index (χ0v) is 18.6. The Hall–Kier alpha value is -3.78. The third-order valence-electron chi connectivity index (χ3n) is 4.69. The number of anilines is 2. The molecule has 0 radical (unpaired) electrons. The number of ether oxygens (including phenoxy) is 2. The minimum atomic E-state index is -4.01. The van der Waals surface area contributed by atoms with Gasteiger partial charge in [-0.15, -0.1) is 6.58 Å². The predicted octanol–water partition coefficient (Wildman–Crippen LogP) is 4.34. The molecule has 0 saturated heterocycles. The van der Waals surface area contributed by atoms with Crippen molar-refractivity contribution in [2.45, 2.75) is 4.90 Å². The van der Waals surface area contributed by atoms with Crippen LogP contribution in [0.1, 0.15) is 10.4 Å². The van der Waals surface area contributed by atoms with Crippen molar-refractivity contribution >= 4 is 27.3 Å². The van der Waals surface area contributed by atoms with Crippen molar-refractivity contribution in [3.8, 4) is 11.5 Å². The highest BCUT2D eigenvalue weighted by molar-refractivity contribution is 7.92. The standard InChI is InChI=1S/C24H24N2O5S/c1-4-16-26(21-13-6-8-15-23(21)31-3)32(28,29)19-11-9-10-18(17-19)24(27)25-20-12-5-7-14-22(20)30-2/h4-15,17H,1,16H2,2-3H3,(H,25,27). The third kappa shape index (κ3) is 4.76. The molecule has 1 amide bonds. The molecule has 0 unspecified atom stereocenters. The van der Waals surface area contributed by atoms with Gasteiger partial charge >= 0.3 is 0 Å². The van der Waals surface area contributed by atoms with Crippen LogP contribution in [0.5, 0.6) is 11.5 Å². The molecule has 0 fully saturated rings. The van der Waals surface area contributed by atoms with E-state index in [1.807, 2.05) is 0 Å². The van der Waals surface area contributed by atoms with Crippen LogP contribution in [0.2, 0.25) is 0 Å². The van der Waals surface area contributed by atoms with Crippen molar-refractivity contribution in [3.63, 3.8) is 0 Å². The van der Waals surface area contributed by atoms with Crippen LogP contribution in [0.4, 0.5) is 11.4 Å². The van der Waals surface area contributed by atoms with Gasteiger partial charge in [0.25, 0.3) is 15.9 Å². The molecule has 0 atom stereocenters. The fourth-order valence-corrected chi connectivity index (χ4v) is 4.64. The Balaban J connectivity index is 1.97. The molecule has 0 saturated carbocycles. The van der Waals surface area contributed by atoms with Crippen LogP contribution in [0.15, 0.2) is 90.3 Å². The van der Waals surface area contributed by atoms with Gasteiger partial charge in [-0.1, -0.05) is 36.4 Å². The second-order valence-corrected chi connectivity index (χ2v) is 8.54. The van der Waals surface area contributed by atoms with E-state index in [-0.39, 0.29) is 17.0 Å². The number of carbonyl (C=O) groups is 1. The largest absolute Gasteiger partial charge is 0.495 e. The molecule has 32 heavy (non-hydrogen) atoms. The van der Waals surface area contributed by atoms with E-state index in [1.165, 1.54) is 42.8 Å². The first-order chi connectivity index (χ1) is 15.4. The van der Waals surface area contributed by atoms with Gasteiger partial charge in [-0.2, -0.15) is 0 Å². The van der Waals surface area contributed by atoms with Crippen molar-refractivity contribution in [1.29, 1.82) is 0 Å². The Morgan fingerprint density at radius 3 is 2.31 bits per heavy atom. The Bertz CT molecular complexity index is 1220. The van der Waals surface area contributed by atoms with Gasteiger partial charge in [0, 0.05) is 5.56 Å². The van der Waals surface area contributed by atoms with Crippen molar-refractivity contribution in [2.24, 2.45) is 0 Å². The predicted molar refractivity (Wildman–Crippen MR) is 125 cm³/mol. The average Bonchev–Trinajstić information content (AvgIpc) is 2.82. The SMILES string of the molecule is C=CCN(c1ccccc1OC)S(=O)(=O)c1cccc(C(=O)Nc2ccccc2OC)c1. The summed E-state index contributed by atoms with van der Waals surface area (Å²) in [4.78, 5) is 12.8. The summed E-state index contributed by atoms with van der Waals surface area (Å²) in [6.07, 6.45) is 1.49. The van der Waals surface area contributed by atoms with E-state index >= 15 is 0 Å². The molecule has 0 aliphatic rings. The van der Waals surface area contributed by atoms with Gasteiger partial charge in [0.2, 0.25) is 0 Å². The first-order valence-electron chi connectivity index (χ1n) is 9.73. The number of para-hydroxylation sites is 4. The Kier molecular flexibility index (Phi) is 7.17. The van der Waals surface area contributed by atoms with Gasteiger partial charge in [-0.25, -0.2) is 8.42 Å². The Labute approximate surface area is 188 Å². The normalized spacial score (nSPS) is 10.8. The van der Waals surface area contributed by atoms with Crippen LogP contribution in [0.3, 0.4) is 0 Å². The van der Waals surface area contributed by atoms with E-state index in [0.29, 0.717) is 22.9 Å². The lowest BCUT2D eigenvalue weighted by molar-refractivity contribution is 0.102. The molecule has 0 aliphatic carbocycles. The number of carbonyl (C=O) groups excluding carboxylic acids is 1. The highest BCUT2D eigenvalue weighted by Crippen LogP contribution is 2.32. The van der Waals surface area contributed by atoms with Crippen LogP contribution in [-0.2, 0) is 10.0 Å². The lowest BCUT2D eigenvalue weighted by Crippen LogP contribution is -2.31. The third-order valence-corrected chi connectivity index (χ3v) is 6.46. The van der Waals surface area contributed by atoms with E-state index in [2.05, 4.69) is 11.9 Å². The maximum absolute atomic E-state index is 13.5.